The Labute approximate surface area is 98.3 Å². The molecule has 0 aliphatic heterocycles. The van der Waals surface area contributed by atoms with Gasteiger partial charge >= 0.3 is 0 Å². The van der Waals surface area contributed by atoms with E-state index in [0.29, 0.717) is 17.7 Å². The van der Waals surface area contributed by atoms with E-state index in [1.807, 2.05) is 18.4 Å². The molecule has 0 radical (unpaired) electrons. The summed E-state index contributed by atoms with van der Waals surface area (Å²) in [5.41, 5.74) is 6.01. The second-order valence-corrected chi connectivity index (χ2v) is 4.87. The highest BCUT2D eigenvalue weighted by Gasteiger charge is 1.99. The first-order valence-electron chi connectivity index (χ1n) is 4.55. The van der Waals surface area contributed by atoms with E-state index in [9.17, 15) is 4.39 Å². The first-order valence-corrected chi connectivity index (χ1v) is 6.76. The van der Waals surface area contributed by atoms with E-state index in [1.165, 1.54) is 4.90 Å². The quantitative estimate of drug-likeness (QED) is 0.803. The number of halogens is 1. The molecular weight excluding hydrogens is 229 g/mol. The number of hydrogen-bond donors (Lipinski definition) is 1. The van der Waals surface area contributed by atoms with Gasteiger partial charge in [-0.25, -0.2) is 4.39 Å². The van der Waals surface area contributed by atoms with E-state index in [2.05, 4.69) is 12.1 Å². The van der Waals surface area contributed by atoms with Gasteiger partial charge in [-0.2, -0.15) is 0 Å². The minimum atomic E-state index is 0.283. The van der Waals surface area contributed by atoms with E-state index in [-0.39, 0.29) is 6.54 Å². The third-order valence-electron chi connectivity index (χ3n) is 1.88. The SMILES string of the molecule is CSc1cccc(SC/C(=C/F)CN)c1. The highest BCUT2D eigenvalue weighted by Crippen LogP contribution is 2.24. The Morgan fingerprint density at radius 1 is 1.47 bits per heavy atom. The minimum absolute atomic E-state index is 0.283. The lowest BCUT2D eigenvalue weighted by atomic mass is 10.3. The molecule has 2 N–H and O–H groups in total. The van der Waals surface area contributed by atoms with Gasteiger partial charge in [-0.3, -0.25) is 0 Å². The second-order valence-electron chi connectivity index (χ2n) is 2.94. The first kappa shape index (κ1) is 12.6. The van der Waals surface area contributed by atoms with Crippen molar-refractivity contribution in [3.63, 3.8) is 0 Å². The summed E-state index contributed by atoms with van der Waals surface area (Å²) < 4.78 is 12.2. The highest BCUT2D eigenvalue weighted by atomic mass is 32.2. The van der Waals surface area contributed by atoms with Crippen molar-refractivity contribution in [2.45, 2.75) is 9.79 Å². The highest BCUT2D eigenvalue weighted by molar-refractivity contribution is 8.00. The minimum Gasteiger partial charge on any atom is -0.327 e. The lowest BCUT2D eigenvalue weighted by Gasteiger charge is -2.04. The summed E-state index contributed by atoms with van der Waals surface area (Å²) in [6.07, 6.45) is 2.64. The number of hydrogen-bond acceptors (Lipinski definition) is 3. The molecule has 1 aromatic carbocycles. The van der Waals surface area contributed by atoms with E-state index >= 15 is 0 Å². The number of rotatable bonds is 5. The molecule has 4 heteroatoms. The molecule has 0 unspecified atom stereocenters. The van der Waals surface area contributed by atoms with Gasteiger partial charge in [0.15, 0.2) is 0 Å². The Kier molecular flexibility index (Phi) is 5.83. The van der Waals surface area contributed by atoms with Crippen LogP contribution in [0, 0.1) is 0 Å². The largest absolute Gasteiger partial charge is 0.327 e. The average molecular weight is 243 g/mol. The fraction of sp³-hybridized carbons (Fsp3) is 0.273. The summed E-state index contributed by atoms with van der Waals surface area (Å²) in [6.45, 7) is 0.283. The second kappa shape index (κ2) is 6.93. The molecule has 1 nitrogen and oxygen atoms in total. The monoisotopic (exact) mass is 243 g/mol. The van der Waals surface area contributed by atoms with Crippen molar-refractivity contribution < 1.29 is 4.39 Å². The lowest BCUT2D eigenvalue weighted by Crippen LogP contribution is -2.04. The Balaban J connectivity index is 2.57. The van der Waals surface area contributed by atoms with E-state index in [4.69, 9.17) is 5.73 Å². The molecular formula is C11H14FNS2. The van der Waals surface area contributed by atoms with Crippen LogP contribution in [0.2, 0.25) is 0 Å². The summed E-state index contributed by atoms with van der Waals surface area (Å²) >= 11 is 3.31. The molecule has 0 aliphatic rings. The number of benzene rings is 1. The van der Waals surface area contributed by atoms with Gasteiger partial charge in [-0.15, -0.1) is 23.5 Å². The van der Waals surface area contributed by atoms with Gasteiger partial charge in [0.1, 0.15) is 0 Å². The van der Waals surface area contributed by atoms with Crippen LogP contribution in [-0.4, -0.2) is 18.6 Å². The summed E-state index contributed by atoms with van der Waals surface area (Å²) in [6, 6.07) is 8.19. The molecule has 0 saturated heterocycles. The van der Waals surface area contributed by atoms with Crippen molar-refractivity contribution in [1.29, 1.82) is 0 Å². The Morgan fingerprint density at radius 3 is 2.80 bits per heavy atom. The molecule has 1 aromatic rings. The van der Waals surface area contributed by atoms with Crippen molar-refractivity contribution in [1.82, 2.24) is 0 Å². The lowest BCUT2D eigenvalue weighted by molar-refractivity contribution is 0.706. The zero-order valence-electron chi connectivity index (χ0n) is 8.57. The van der Waals surface area contributed by atoms with Crippen LogP contribution < -0.4 is 5.73 Å². The standard InChI is InChI=1S/C11H14FNS2/c1-14-10-3-2-4-11(5-10)15-8-9(6-12)7-13/h2-6H,7-8,13H2,1H3/b9-6+. The molecule has 0 aliphatic carbocycles. The fourth-order valence-electron chi connectivity index (χ4n) is 1.00. The van der Waals surface area contributed by atoms with E-state index < -0.39 is 0 Å². The van der Waals surface area contributed by atoms with Crippen LogP contribution in [0.5, 0.6) is 0 Å². The van der Waals surface area contributed by atoms with Crippen molar-refractivity contribution in [3.8, 4) is 0 Å². The summed E-state index contributed by atoms with van der Waals surface area (Å²) in [7, 11) is 0. The average Bonchev–Trinajstić information content (AvgIpc) is 2.31. The summed E-state index contributed by atoms with van der Waals surface area (Å²) in [5.74, 6) is 0.616. The molecule has 0 heterocycles. The molecule has 0 saturated carbocycles. The maximum atomic E-state index is 12.2. The van der Waals surface area contributed by atoms with E-state index in [1.54, 1.807) is 23.5 Å². The van der Waals surface area contributed by atoms with Crippen LogP contribution in [0.4, 0.5) is 4.39 Å². The molecule has 82 valence electrons. The van der Waals surface area contributed by atoms with Crippen molar-refractivity contribution in [2.24, 2.45) is 5.73 Å². The summed E-state index contributed by atoms with van der Waals surface area (Å²) in [4.78, 5) is 2.37. The van der Waals surface area contributed by atoms with Gasteiger partial charge in [0.25, 0.3) is 0 Å². The molecule has 0 spiro atoms. The van der Waals surface area contributed by atoms with Crippen LogP contribution in [0.3, 0.4) is 0 Å². The maximum Gasteiger partial charge on any atom is 0.0880 e. The molecule has 0 aromatic heterocycles. The topological polar surface area (TPSA) is 26.0 Å². The molecule has 0 bridgehead atoms. The van der Waals surface area contributed by atoms with Crippen LogP contribution in [0.15, 0.2) is 46.0 Å². The Bertz CT molecular complexity index is 339. The maximum absolute atomic E-state index is 12.2. The van der Waals surface area contributed by atoms with Gasteiger partial charge < -0.3 is 5.73 Å². The van der Waals surface area contributed by atoms with Crippen LogP contribution in [0.1, 0.15) is 0 Å². The fourth-order valence-corrected chi connectivity index (χ4v) is 2.45. The van der Waals surface area contributed by atoms with Gasteiger partial charge in [0, 0.05) is 22.1 Å². The van der Waals surface area contributed by atoms with Gasteiger partial charge in [0.2, 0.25) is 0 Å². The molecule has 0 amide bonds. The van der Waals surface area contributed by atoms with Crippen LogP contribution >= 0.6 is 23.5 Å². The third-order valence-corrected chi connectivity index (χ3v) is 3.71. The summed E-state index contributed by atoms with van der Waals surface area (Å²) in [5, 5.41) is 0. The van der Waals surface area contributed by atoms with E-state index in [0.717, 1.165) is 4.90 Å². The van der Waals surface area contributed by atoms with Crippen molar-refractivity contribution in [2.75, 3.05) is 18.6 Å². The zero-order valence-corrected chi connectivity index (χ0v) is 10.2. The number of nitrogens with two attached hydrogens (primary N) is 1. The third kappa shape index (κ3) is 4.28. The normalized spacial score (nSPS) is 11.8. The predicted octanol–water partition coefficient (Wildman–Crippen LogP) is 3.31. The predicted molar refractivity (Wildman–Crippen MR) is 67.2 cm³/mol. The van der Waals surface area contributed by atoms with Crippen molar-refractivity contribution >= 4 is 23.5 Å². The van der Waals surface area contributed by atoms with Gasteiger partial charge in [0.05, 0.1) is 6.33 Å². The number of thioether (sulfide) groups is 2. The molecule has 15 heavy (non-hydrogen) atoms. The zero-order chi connectivity index (χ0) is 11.1. The Morgan fingerprint density at radius 2 is 2.20 bits per heavy atom. The van der Waals surface area contributed by atoms with Crippen LogP contribution in [-0.2, 0) is 0 Å². The molecule has 0 fully saturated rings. The van der Waals surface area contributed by atoms with Crippen LogP contribution in [0.25, 0.3) is 0 Å². The smallest absolute Gasteiger partial charge is 0.0880 e. The Hall–Kier alpha value is -0.450. The van der Waals surface area contributed by atoms with Gasteiger partial charge in [-0.05, 0) is 30.0 Å². The first-order chi connectivity index (χ1) is 7.30. The van der Waals surface area contributed by atoms with Gasteiger partial charge in [-0.1, -0.05) is 6.07 Å². The molecule has 1 rings (SSSR count). The van der Waals surface area contributed by atoms with Crippen molar-refractivity contribution in [3.05, 3.63) is 36.2 Å². The molecule has 0 atom stereocenters.